The number of carbonyl (C=O) groups is 4. The molecule has 13 N–H and O–H groups in total. The molecule has 0 bridgehead atoms. The molecule has 11 atom stereocenters. The van der Waals surface area contributed by atoms with Crippen LogP contribution in [0.25, 0.3) is 6.08 Å². The Morgan fingerprint density at radius 2 is 1.12 bits per heavy atom. The Kier molecular flexibility index (Phi) is 12.6. The van der Waals surface area contributed by atoms with Crippen molar-refractivity contribution >= 4 is 30.0 Å². The van der Waals surface area contributed by atoms with Gasteiger partial charge in [-0.1, -0.05) is 0 Å². The van der Waals surface area contributed by atoms with Gasteiger partial charge in [0.15, 0.2) is 23.0 Å². The lowest BCUT2D eigenvalue weighted by molar-refractivity contribution is -0.296. The first-order valence-electron chi connectivity index (χ1n) is 16.4. The maximum absolute atomic E-state index is 11.8. The molecular formula is C33H37O23+. The minimum absolute atomic E-state index is 0.0889. The molecule has 5 rings (SSSR count). The zero-order valence-electron chi connectivity index (χ0n) is 28.5. The number of hydrogen-bond acceptors (Lipinski definition) is 20. The van der Waals surface area contributed by atoms with Gasteiger partial charge in [0.2, 0.25) is 12.6 Å². The molecule has 11 unspecified atom stereocenters. The Hall–Kier alpha value is -5.66. The molecule has 0 amide bonds. The molecular weight excluding hydrogens is 764 g/mol. The minimum Gasteiger partial charge on any atom is -0.571 e. The van der Waals surface area contributed by atoms with Crippen molar-refractivity contribution in [2.24, 2.45) is 0 Å². The average molecular weight is 802 g/mol. The first-order valence-corrected chi connectivity index (χ1v) is 16.4. The molecule has 0 aliphatic carbocycles. The summed E-state index contributed by atoms with van der Waals surface area (Å²) in [5.74, 6) is -9.33. The van der Waals surface area contributed by atoms with Gasteiger partial charge < -0.3 is 94.4 Å². The summed E-state index contributed by atoms with van der Waals surface area (Å²) >= 11 is 0. The van der Waals surface area contributed by atoms with Crippen LogP contribution in [0.15, 0.2) is 30.0 Å². The van der Waals surface area contributed by atoms with Gasteiger partial charge in [-0.2, -0.15) is 0 Å². The quantitative estimate of drug-likeness (QED) is 0.0413. The van der Waals surface area contributed by atoms with E-state index < -0.39 is 140 Å². The van der Waals surface area contributed by atoms with Gasteiger partial charge in [-0.3, -0.25) is 19.2 Å². The van der Waals surface area contributed by atoms with E-state index in [1.807, 2.05) is 0 Å². The van der Waals surface area contributed by atoms with Gasteiger partial charge in [-0.15, -0.1) is 0 Å². The SMILES string of the molecule is O=C(O)CC(=O)OCC1OC(OC2=Cc3c(OC4OC(COC(=O)CC(=O)O)C(O)C(O)C4O)cc(O)cc3[OH+]C2c2cc(O)c(O)c(O)c2)C(O)C(O)C1O. The average Bonchev–Trinajstić information content (AvgIpc) is 3.12. The Morgan fingerprint density at radius 1 is 0.643 bits per heavy atom. The third-order valence-corrected chi connectivity index (χ3v) is 8.58. The second-order valence-corrected chi connectivity index (χ2v) is 12.6. The lowest BCUT2D eigenvalue weighted by Crippen LogP contribution is -2.60. The molecule has 0 spiro atoms. The van der Waals surface area contributed by atoms with Gasteiger partial charge in [-0.25, -0.2) is 0 Å². The first-order chi connectivity index (χ1) is 26.3. The third-order valence-electron chi connectivity index (χ3n) is 8.58. The van der Waals surface area contributed by atoms with Crippen molar-refractivity contribution in [2.75, 3.05) is 13.2 Å². The number of phenols is 4. The number of aliphatic hydroxyl groups is 7. The number of rotatable bonds is 13. The van der Waals surface area contributed by atoms with Crippen molar-refractivity contribution in [1.82, 2.24) is 0 Å². The summed E-state index contributed by atoms with van der Waals surface area (Å²) in [4.78, 5) is 45.3. The van der Waals surface area contributed by atoms with Gasteiger partial charge in [0, 0.05) is 12.1 Å². The van der Waals surface area contributed by atoms with Crippen LogP contribution in [0.5, 0.6) is 34.5 Å². The molecule has 0 saturated carbocycles. The van der Waals surface area contributed by atoms with Crippen LogP contribution in [0.1, 0.15) is 30.1 Å². The number of fused-ring (bicyclic) bond motifs is 1. The van der Waals surface area contributed by atoms with E-state index in [0.29, 0.717) is 0 Å². The summed E-state index contributed by atoms with van der Waals surface area (Å²) < 4.78 is 36.9. The molecule has 0 radical (unpaired) electrons. The second kappa shape index (κ2) is 17.0. The number of aliphatic hydroxyl groups excluding tert-OH is 6. The van der Waals surface area contributed by atoms with Crippen molar-refractivity contribution in [3.8, 4) is 34.5 Å². The third kappa shape index (κ3) is 9.23. The van der Waals surface area contributed by atoms with Crippen LogP contribution in [-0.4, -0.2) is 165 Å². The van der Waals surface area contributed by atoms with Crippen LogP contribution >= 0.6 is 0 Å². The van der Waals surface area contributed by atoms with E-state index >= 15 is 0 Å². The Morgan fingerprint density at radius 3 is 1.61 bits per heavy atom. The van der Waals surface area contributed by atoms with Crippen molar-refractivity contribution in [2.45, 2.75) is 80.4 Å². The number of carbonyl (C=O) groups excluding carboxylic acids is 2. The van der Waals surface area contributed by atoms with E-state index in [1.54, 1.807) is 0 Å². The lowest BCUT2D eigenvalue weighted by Gasteiger charge is -2.41. The molecule has 3 heterocycles. The van der Waals surface area contributed by atoms with E-state index in [2.05, 4.69) is 4.74 Å². The van der Waals surface area contributed by atoms with Crippen molar-refractivity contribution < 1.29 is 114 Å². The fourth-order valence-corrected chi connectivity index (χ4v) is 5.75. The van der Waals surface area contributed by atoms with Gasteiger partial charge in [0.25, 0.3) is 11.9 Å². The van der Waals surface area contributed by atoms with Gasteiger partial charge in [-0.05, 0) is 12.1 Å². The summed E-state index contributed by atoms with van der Waals surface area (Å²) in [5.41, 5.74) is -0.180. The second-order valence-electron chi connectivity index (χ2n) is 12.6. The normalized spacial score (nSPS) is 29.8. The van der Waals surface area contributed by atoms with Crippen molar-refractivity contribution in [3.05, 3.63) is 41.2 Å². The molecule has 2 aromatic carbocycles. The minimum atomic E-state index is -2.03. The number of carboxylic acids is 2. The van der Waals surface area contributed by atoms with Gasteiger partial charge >= 0.3 is 23.9 Å². The molecule has 0 aromatic heterocycles. The number of aromatic hydroxyl groups is 5. The number of aliphatic carboxylic acids is 2. The van der Waals surface area contributed by atoms with Gasteiger partial charge in [0.05, 0.1) is 11.6 Å². The highest BCUT2D eigenvalue weighted by Gasteiger charge is 2.49. The zero-order valence-corrected chi connectivity index (χ0v) is 28.5. The van der Waals surface area contributed by atoms with Crippen LogP contribution in [-0.2, 0) is 42.9 Å². The smallest absolute Gasteiger partial charge is 0.317 e. The highest BCUT2D eigenvalue weighted by atomic mass is 16.7. The summed E-state index contributed by atoms with van der Waals surface area (Å²) in [6.45, 7) is -1.60. The lowest BCUT2D eigenvalue weighted by atomic mass is 9.98. The topological polar surface area (TPSA) is 379 Å². The number of esters is 2. The van der Waals surface area contributed by atoms with Crippen molar-refractivity contribution in [1.29, 1.82) is 0 Å². The van der Waals surface area contributed by atoms with Gasteiger partial charge in [0.1, 0.15) is 91.9 Å². The number of ether oxygens (including phenoxy) is 7. The molecule has 2 fully saturated rings. The molecule has 56 heavy (non-hydrogen) atoms. The van der Waals surface area contributed by atoms with Crippen LogP contribution in [0.3, 0.4) is 0 Å². The molecule has 2 saturated heterocycles. The number of carboxylic acid groups (broad SMARTS) is 2. The summed E-state index contributed by atoms with van der Waals surface area (Å²) in [6.07, 6.45) is -21.1. The monoisotopic (exact) mass is 801 g/mol. The predicted molar refractivity (Wildman–Crippen MR) is 173 cm³/mol. The Bertz CT molecular complexity index is 1820. The molecule has 23 heteroatoms. The van der Waals surface area contributed by atoms with E-state index in [4.69, 9.17) is 38.6 Å². The molecule has 3 aliphatic rings. The Balaban J connectivity index is 1.48. The fraction of sp³-hybridized carbons (Fsp3) is 0.455. The number of hydrogen-bond donors (Lipinski definition) is 12. The first kappa shape index (κ1) is 41.5. The van der Waals surface area contributed by atoms with Crippen LogP contribution in [0.4, 0.5) is 0 Å². The van der Waals surface area contributed by atoms with E-state index in [1.165, 1.54) is 0 Å². The number of benzene rings is 2. The highest BCUT2D eigenvalue weighted by molar-refractivity contribution is 5.90. The largest absolute Gasteiger partial charge is 0.571 e. The molecule has 306 valence electrons. The predicted octanol–water partition coefficient (Wildman–Crippen LogP) is -3.11. The maximum atomic E-state index is 11.8. The fourth-order valence-electron chi connectivity index (χ4n) is 5.75. The zero-order chi connectivity index (χ0) is 41.2. The summed E-state index contributed by atoms with van der Waals surface area (Å²) in [7, 11) is 0. The summed E-state index contributed by atoms with van der Waals surface area (Å²) in [6, 6.07) is 4.03. The maximum Gasteiger partial charge on any atom is 0.317 e. The molecule has 23 nitrogen and oxygen atoms in total. The standard InChI is InChI=1S/C33H36O23/c34-11-3-15-12(16(4-11)53-32-29(48)27(46)25(44)18(55-32)8-50-22(41)6-20(37)38)5-17(31(52-15)10-1-13(35)24(43)14(36)2-10)54-33-30(49)28(47)26(45)19(56-33)9-51-23(42)7-21(39)40/h1-5,18-19,25-36,43-49H,6-9H2,(H,37,38)(H,39,40)/p+1. The van der Waals surface area contributed by atoms with Crippen LogP contribution < -0.4 is 4.74 Å². The van der Waals surface area contributed by atoms with E-state index in [0.717, 1.165) is 30.3 Å². The van der Waals surface area contributed by atoms with Crippen LogP contribution in [0.2, 0.25) is 0 Å². The van der Waals surface area contributed by atoms with E-state index in [9.17, 15) is 70.2 Å². The summed E-state index contributed by atoms with van der Waals surface area (Å²) in [5, 5.41) is 122. The Labute approximate surface area is 312 Å². The van der Waals surface area contributed by atoms with E-state index in [-0.39, 0.29) is 28.4 Å². The number of phenolic OH excluding ortho intramolecular Hbond substituents is 4. The van der Waals surface area contributed by atoms with Crippen molar-refractivity contribution in [3.63, 3.8) is 0 Å². The molecule has 3 aliphatic heterocycles. The van der Waals surface area contributed by atoms with Crippen LogP contribution in [0, 0.1) is 0 Å². The molecule has 2 aromatic rings. The highest BCUT2D eigenvalue weighted by Crippen LogP contribution is 2.48.